The monoisotopic (exact) mass is 511 g/mol. The molecule has 2 aromatic carbocycles. The first-order valence-corrected chi connectivity index (χ1v) is 13.2. The summed E-state index contributed by atoms with van der Waals surface area (Å²) < 4.78 is 7.69. The molecule has 2 atom stereocenters. The average Bonchev–Trinajstić information content (AvgIpc) is 3.42. The van der Waals surface area contributed by atoms with Gasteiger partial charge in [0.05, 0.1) is 10.9 Å². The third-order valence-electron chi connectivity index (χ3n) is 8.49. The minimum atomic E-state index is -1.04. The molecule has 2 aliphatic rings. The number of nitrogens with zero attached hydrogens (tertiary/aromatic N) is 5. The molecule has 0 spiro atoms. The molecule has 1 N–H and O–H groups in total. The Morgan fingerprint density at radius 3 is 2.84 bits per heavy atom. The topological polar surface area (TPSA) is 93.4 Å². The van der Waals surface area contributed by atoms with Crippen LogP contribution in [0.5, 0.6) is 5.88 Å². The lowest BCUT2D eigenvalue weighted by atomic mass is 9.69. The molecule has 0 saturated carbocycles. The predicted molar refractivity (Wildman–Crippen MR) is 144 cm³/mol. The van der Waals surface area contributed by atoms with E-state index in [0.29, 0.717) is 6.61 Å². The van der Waals surface area contributed by atoms with E-state index < -0.39 is 11.4 Å². The van der Waals surface area contributed by atoms with E-state index in [4.69, 9.17) is 4.74 Å². The number of aryl methyl sites for hydroxylation is 3. The standard InChI is InChI=1S/C30H33N5O3/c1-18-22(10-12-25-27(18)32-33-34(25)4)26(30(2,3)29(36)37)20-8-7-19-9-11-24(23(19)16-20)35-14-15-38-28-21(17-35)6-5-13-31-28/h5-8,10,12-13,16,24,26H,9,11,14-15,17H2,1-4H3,(H,36,37). The number of aromatic nitrogens is 4. The first kappa shape index (κ1) is 24.6. The largest absolute Gasteiger partial charge is 0.481 e. The molecule has 2 unspecified atom stereocenters. The van der Waals surface area contributed by atoms with Crippen LogP contribution in [0.25, 0.3) is 11.0 Å². The van der Waals surface area contributed by atoms with Gasteiger partial charge in [0.15, 0.2) is 0 Å². The summed E-state index contributed by atoms with van der Waals surface area (Å²) in [7, 11) is 1.87. The van der Waals surface area contributed by atoms with Crippen molar-refractivity contribution in [3.8, 4) is 5.88 Å². The van der Waals surface area contributed by atoms with Crippen molar-refractivity contribution in [3.05, 3.63) is 82.0 Å². The van der Waals surface area contributed by atoms with Crippen LogP contribution in [0.4, 0.5) is 0 Å². The number of ether oxygens (including phenoxy) is 1. The molecule has 0 saturated heterocycles. The predicted octanol–water partition coefficient (Wildman–Crippen LogP) is 4.80. The van der Waals surface area contributed by atoms with Gasteiger partial charge in [0.1, 0.15) is 12.1 Å². The van der Waals surface area contributed by atoms with E-state index in [2.05, 4.69) is 50.5 Å². The number of fused-ring (bicyclic) bond motifs is 3. The Morgan fingerprint density at radius 2 is 2.03 bits per heavy atom. The van der Waals surface area contributed by atoms with Crippen LogP contribution in [0, 0.1) is 12.3 Å². The van der Waals surface area contributed by atoms with E-state index in [1.807, 2.05) is 40.0 Å². The minimum absolute atomic E-state index is 0.247. The number of carbonyl (C=O) groups is 1. The number of carboxylic acid groups (broad SMARTS) is 1. The van der Waals surface area contributed by atoms with Gasteiger partial charge in [0.2, 0.25) is 5.88 Å². The molecule has 0 radical (unpaired) electrons. The van der Waals surface area contributed by atoms with E-state index in [-0.39, 0.29) is 12.0 Å². The van der Waals surface area contributed by atoms with E-state index in [1.54, 1.807) is 10.9 Å². The summed E-state index contributed by atoms with van der Waals surface area (Å²) in [6.07, 6.45) is 3.82. The molecule has 2 aromatic heterocycles. The zero-order chi connectivity index (χ0) is 26.6. The van der Waals surface area contributed by atoms with Crippen LogP contribution in [0.3, 0.4) is 0 Å². The molecule has 0 fully saturated rings. The number of benzene rings is 2. The number of carboxylic acids is 1. The van der Waals surface area contributed by atoms with Crippen molar-refractivity contribution in [1.82, 2.24) is 24.9 Å². The number of pyridine rings is 1. The zero-order valence-electron chi connectivity index (χ0n) is 22.3. The van der Waals surface area contributed by atoms with Crippen molar-refractivity contribution in [2.75, 3.05) is 13.2 Å². The molecule has 0 amide bonds. The van der Waals surface area contributed by atoms with Gasteiger partial charge in [0.25, 0.3) is 0 Å². The molecule has 38 heavy (non-hydrogen) atoms. The highest BCUT2D eigenvalue weighted by Crippen LogP contribution is 2.46. The van der Waals surface area contributed by atoms with E-state index >= 15 is 0 Å². The van der Waals surface area contributed by atoms with Gasteiger partial charge < -0.3 is 9.84 Å². The molecule has 3 heterocycles. The lowest BCUT2D eigenvalue weighted by molar-refractivity contribution is -0.147. The first-order chi connectivity index (χ1) is 18.3. The van der Waals surface area contributed by atoms with Gasteiger partial charge in [0, 0.05) is 43.9 Å². The maximum Gasteiger partial charge on any atom is 0.310 e. The Balaban J connectivity index is 1.43. The fourth-order valence-electron chi connectivity index (χ4n) is 6.33. The number of rotatable bonds is 5. The Morgan fingerprint density at radius 1 is 1.18 bits per heavy atom. The molecular weight excluding hydrogens is 478 g/mol. The van der Waals surface area contributed by atoms with Crippen LogP contribution in [0.2, 0.25) is 0 Å². The molecule has 196 valence electrons. The summed E-state index contributed by atoms with van der Waals surface area (Å²) in [6, 6.07) is 14.9. The van der Waals surface area contributed by atoms with Crippen molar-refractivity contribution in [3.63, 3.8) is 0 Å². The summed E-state index contributed by atoms with van der Waals surface area (Å²) in [6.45, 7) is 7.86. The van der Waals surface area contributed by atoms with Gasteiger partial charge in [-0.1, -0.05) is 35.5 Å². The van der Waals surface area contributed by atoms with Crippen molar-refractivity contribution in [2.45, 2.75) is 52.1 Å². The lowest BCUT2D eigenvalue weighted by Crippen LogP contribution is -2.33. The van der Waals surface area contributed by atoms with Crippen molar-refractivity contribution in [2.24, 2.45) is 12.5 Å². The maximum absolute atomic E-state index is 12.6. The Labute approximate surface area is 222 Å². The first-order valence-electron chi connectivity index (χ1n) is 13.2. The van der Waals surface area contributed by atoms with E-state index in [1.165, 1.54) is 11.1 Å². The Kier molecular flexibility index (Phi) is 5.94. The molecule has 8 heteroatoms. The van der Waals surface area contributed by atoms with Crippen molar-refractivity contribution >= 4 is 17.0 Å². The second kappa shape index (κ2) is 9.20. The summed E-state index contributed by atoms with van der Waals surface area (Å²) in [4.78, 5) is 19.5. The van der Waals surface area contributed by atoms with Crippen LogP contribution in [0.15, 0.2) is 48.7 Å². The highest BCUT2D eigenvalue weighted by Gasteiger charge is 2.41. The third kappa shape index (κ3) is 3.95. The van der Waals surface area contributed by atoms with Crippen molar-refractivity contribution < 1.29 is 14.6 Å². The van der Waals surface area contributed by atoms with Crippen LogP contribution >= 0.6 is 0 Å². The fraction of sp³-hybridized carbons (Fsp3) is 0.400. The molecule has 1 aliphatic heterocycles. The van der Waals surface area contributed by atoms with Gasteiger partial charge in [-0.3, -0.25) is 9.69 Å². The van der Waals surface area contributed by atoms with Crippen LogP contribution in [-0.2, 0) is 24.8 Å². The highest BCUT2D eigenvalue weighted by atomic mass is 16.5. The highest BCUT2D eigenvalue weighted by molar-refractivity contribution is 5.81. The summed E-state index contributed by atoms with van der Waals surface area (Å²) in [5, 5.41) is 18.9. The number of hydrogen-bond donors (Lipinski definition) is 1. The van der Waals surface area contributed by atoms with Gasteiger partial charge in [-0.15, -0.1) is 5.10 Å². The van der Waals surface area contributed by atoms with E-state index in [0.717, 1.165) is 65.1 Å². The molecular formula is C30H33N5O3. The van der Waals surface area contributed by atoms with Gasteiger partial charge in [-0.2, -0.15) is 0 Å². The van der Waals surface area contributed by atoms with Crippen LogP contribution in [0.1, 0.15) is 65.6 Å². The summed E-state index contributed by atoms with van der Waals surface area (Å²) in [5.41, 5.74) is 7.41. The molecule has 0 bridgehead atoms. The average molecular weight is 512 g/mol. The Hall–Kier alpha value is -3.78. The fourth-order valence-corrected chi connectivity index (χ4v) is 6.33. The normalized spacial score (nSPS) is 18.5. The molecule has 8 nitrogen and oxygen atoms in total. The SMILES string of the molecule is Cc1c(C(c2ccc3c(c2)C(N2CCOc4ncccc4C2)CC3)C(C)(C)C(=O)O)ccc2c1nnn2C. The smallest absolute Gasteiger partial charge is 0.310 e. The lowest BCUT2D eigenvalue weighted by Gasteiger charge is -2.33. The van der Waals surface area contributed by atoms with E-state index in [9.17, 15) is 9.90 Å². The minimum Gasteiger partial charge on any atom is -0.481 e. The molecule has 1 aliphatic carbocycles. The summed E-state index contributed by atoms with van der Waals surface area (Å²) >= 11 is 0. The van der Waals surface area contributed by atoms with Gasteiger partial charge in [-0.25, -0.2) is 9.67 Å². The second-order valence-corrected chi connectivity index (χ2v) is 11.1. The third-order valence-corrected chi connectivity index (χ3v) is 8.49. The van der Waals surface area contributed by atoms with Crippen LogP contribution in [-0.4, -0.2) is 49.1 Å². The van der Waals surface area contributed by atoms with Crippen molar-refractivity contribution in [1.29, 1.82) is 0 Å². The quantitative estimate of drug-likeness (QED) is 0.412. The van der Waals surface area contributed by atoms with Gasteiger partial charge >= 0.3 is 5.97 Å². The number of hydrogen-bond acceptors (Lipinski definition) is 6. The zero-order valence-corrected chi connectivity index (χ0v) is 22.3. The molecule has 6 rings (SSSR count). The van der Waals surface area contributed by atoms with Crippen LogP contribution < -0.4 is 4.74 Å². The second-order valence-electron chi connectivity index (χ2n) is 11.1. The summed E-state index contributed by atoms with van der Waals surface area (Å²) in [5.74, 6) is -0.456. The maximum atomic E-state index is 12.6. The number of aliphatic carboxylic acids is 1. The Bertz CT molecular complexity index is 1540. The van der Waals surface area contributed by atoms with Gasteiger partial charge in [-0.05, 0) is 73.6 Å². The molecule has 4 aromatic rings.